The molecule has 0 unspecified atom stereocenters. The third kappa shape index (κ3) is 30.0. The number of carbonyl (C=O) groups is 2. The average molecular weight is 836 g/mol. The summed E-state index contributed by atoms with van der Waals surface area (Å²) in [4.78, 5) is 41.6. The molecule has 0 aromatic carbocycles. The Bertz CT molecular complexity index is 1670. The van der Waals surface area contributed by atoms with Crippen LogP contribution < -0.4 is 11.0 Å². The molecule has 1 N–H and O–H groups in total. The number of anilines is 1. The molecule has 0 saturated carbocycles. The maximum atomic E-state index is 12.8. The van der Waals surface area contributed by atoms with Crippen molar-refractivity contribution in [3.8, 4) is 0 Å². The minimum absolute atomic E-state index is 0.149. The Hall–Kier alpha value is -4.82. The van der Waals surface area contributed by atoms with E-state index in [1.165, 1.54) is 4.57 Å². The highest BCUT2D eigenvalue weighted by atomic mass is 16.6. The summed E-state index contributed by atoms with van der Waals surface area (Å²) in [5.74, 6) is -0.124. The van der Waals surface area contributed by atoms with Crippen LogP contribution >= 0.6 is 0 Å². The Morgan fingerprint density at radius 2 is 1.07 bits per heavy atom. The maximum absolute atomic E-state index is 12.8. The van der Waals surface area contributed by atoms with Gasteiger partial charge < -0.3 is 14.8 Å². The van der Waals surface area contributed by atoms with Gasteiger partial charge in [-0.15, -0.1) is 0 Å². The second kappa shape index (κ2) is 38.1. The molecule has 0 radical (unpaired) electrons. The van der Waals surface area contributed by atoms with Gasteiger partial charge in [-0.3, -0.25) is 14.2 Å². The highest BCUT2D eigenvalue weighted by Crippen LogP contribution is 2.27. The van der Waals surface area contributed by atoms with Crippen LogP contribution in [0.4, 0.5) is 5.82 Å². The third-order valence-corrected chi connectivity index (χ3v) is 9.76. The molecule has 2 heterocycles. The van der Waals surface area contributed by atoms with Gasteiger partial charge in [0.2, 0.25) is 5.91 Å². The number of nitrogens with one attached hydrogen (secondary N) is 1. The molecule has 8 nitrogen and oxygen atoms in total. The first kappa shape index (κ1) is 52.3. The van der Waals surface area contributed by atoms with Crippen molar-refractivity contribution in [1.82, 2.24) is 9.55 Å². The zero-order chi connectivity index (χ0) is 43.7. The molecule has 1 aliphatic rings. The number of hydrogen-bond donors (Lipinski definition) is 1. The van der Waals surface area contributed by atoms with E-state index in [0.29, 0.717) is 25.7 Å². The number of allylic oxidation sites excluding steroid dienone is 20. The van der Waals surface area contributed by atoms with Crippen molar-refractivity contribution in [2.45, 2.75) is 167 Å². The SMILES string of the molecule is CCC=CCC=CCC=CCC=CCC=CCCCCCC(=O)Nc1ccn([C@@H]2CC[C@@H](COC(=O)CCCCCC=CCC=CCC=CCC=CCC=CCC)O2)c(=O)n1. The zero-order valence-electron chi connectivity index (χ0n) is 37.6. The molecule has 1 aromatic heterocycles. The van der Waals surface area contributed by atoms with Gasteiger partial charge in [-0.2, -0.15) is 4.98 Å². The van der Waals surface area contributed by atoms with Crippen molar-refractivity contribution in [2.75, 3.05) is 11.9 Å². The monoisotopic (exact) mass is 836 g/mol. The summed E-state index contributed by atoms with van der Waals surface area (Å²) >= 11 is 0. The van der Waals surface area contributed by atoms with Crippen LogP contribution in [0, 0.1) is 0 Å². The standard InChI is InChI=1S/C53H77N3O5/c1-3-5-7-9-11-13-15-17-19-21-23-25-27-29-31-33-35-37-39-41-50(57)54-49-45-46-56(53(59)55-49)51-44-43-48(61-51)47-60-52(58)42-40-38-36-34-32-30-28-26-24-22-20-18-16-14-12-10-8-6-4-2/h5-8,11-14,17-20,23-26,29-32,45-46,48,51H,3-4,9-10,15-16,21-22,27-28,33-44,47H2,1-2H3,(H,54,55,57,59)/t48-,51-/m0/s1. The first-order valence-corrected chi connectivity index (χ1v) is 23.2. The van der Waals surface area contributed by atoms with Gasteiger partial charge in [0.05, 0.1) is 6.10 Å². The first-order chi connectivity index (χ1) is 30.0. The van der Waals surface area contributed by atoms with E-state index in [1.807, 2.05) is 0 Å². The smallest absolute Gasteiger partial charge is 0.351 e. The molecule has 2 rings (SSSR count). The van der Waals surface area contributed by atoms with Crippen LogP contribution in [0.15, 0.2) is 139 Å². The lowest BCUT2D eigenvalue weighted by atomic mass is 10.1. The zero-order valence-corrected chi connectivity index (χ0v) is 37.6. The second-order valence-electron chi connectivity index (χ2n) is 15.1. The summed E-state index contributed by atoms with van der Waals surface area (Å²) in [5, 5.41) is 2.75. The molecular weight excluding hydrogens is 759 g/mol. The fraction of sp³-hybridized carbons (Fsp3) is 0.509. The summed E-state index contributed by atoms with van der Waals surface area (Å²) < 4.78 is 12.9. The number of ether oxygens (including phenoxy) is 2. The van der Waals surface area contributed by atoms with Crippen molar-refractivity contribution < 1.29 is 19.1 Å². The van der Waals surface area contributed by atoms with E-state index >= 15 is 0 Å². The number of esters is 1. The molecule has 0 spiro atoms. The molecule has 61 heavy (non-hydrogen) atoms. The van der Waals surface area contributed by atoms with Crippen LogP contribution in [0.5, 0.6) is 0 Å². The Kier molecular flexibility index (Phi) is 32.7. The molecular formula is C53H77N3O5. The van der Waals surface area contributed by atoms with Gasteiger partial charge in [0.25, 0.3) is 0 Å². The highest BCUT2D eigenvalue weighted by molar-refractivity contribution is 5.89. The summed E-state index contributed by atoms with van der Waals surface area (Å²) in [5.41, 5.74) is -0.484. The van der Waals surface area contributed by atoms with Crippen LogP contribution in [0.3, 0.4) is 0 Å². The number of aromatic nitrogens is 2. The lowest BCUT2D eigenvalue weighted by Gasteiger charge is -2.16. The van der Waals surface area contributed by atoms with E-state index in [0.717, 1.165) is 116 Å². The lowest BCUT2D eigenvalue weighted by molar-refractivity contribution is -0.148. The van der Waals surface area contributed by atoms with Crippen molar-refractivity contribution in [1.29, 1.82) is 0 Å². The molecule has 1 saturated heterocycles. The highest BCUT2D eigenvalue weighted by Gasteiger charge is 2.28. The largest absolute Gasteiger partial charge is 0.463 e. The Labute approximate surface area is 368 Å². The summed E-state index contributed by atoms with van der Waals surface area (Å²) in [6, 6.07) is 1.62. The Balaban J connectivity index is 1.48. The fourth-order valence-electron chi connectivity index (χ4n) is 6.35. The number of hydrogen-bond acceptors (Lipinski definition) is 6. The molecule has 0 aliphatic carbocycles. The van der Waals surface area contributed by atoms with E-state index in [-0.39, 0.29) is 30.4 Å². The van der Waals surface area contributed by atoms with Gasteiger partial charge in [0.1, 0.15) is 18.7 Å². The quantitative estimate of drug-likeness (QED) is 0.0422. The summed E-state index contributed by atoms with van der Waals surface area (Å²) in [7, 11) is 0. The Morgan fingerprint density at radius 3 is 1.52 bits per heavy atom. The predicted molar refractivity (Wildman–Crippen MR) is 256 cm³/mol. The molecule has 1 aliphatic heterocycles. The molecule has 1 fully saturated rings. The van der Waals surface area contributed by atoms with E-state index < -0.39 is 11.9 Å². The average Bonchev–Trinajstić information content (AvgIpc) is 3.73. The molecule has 1 amide bonds. The summed E-state index contributed by atoms with van der Waals surface area (Å²) in [6.45, 7) is 4.47. The molecule has 1 aromatic rings. The van der Waals surface area contributed by atoms with E-state index in [2.05, 4.69) is 146 Å². The van der Waals surface area contributed by atoms with Gasteiger partial charge >= 0.3 is 11.7 Å². The summed E-state index contributed by atoms with van der Waals surface area (Å²) in [6.07, 6.45) is 64.5. The van der Waals surface area contributed by atoms with Crippen LogP contribution in [0.25, 0.3) is 0 Å². The topological polar surface area (TPSA) is 99.5 Å². The van der Waals surface area contributed by atoms with Crippen molar-refractivity contribution in [2.24, 2.45) is 0 Å². The molecule has 8 heteroatoms. The third-order valence-electron chi connectivity index (χ3n) is 9.76. The van der Waals surface area contributed by atoms with Gasteiger partial charge in [-0.25, -0.2) is 4.79 Å². The normalized spacial score (nSPS) is 16.4. The van der Waals surface area contributed by atoms with Crippen LogP contribution in [0.1, 0.15) is 161 Å². The van der Waals surface area contributed by atoms with Crippen LogP contribution in [0.2, 0.25) is 0 Å². The van der Waals surface area contributed by atoms with Crippen molar-refractivity contribution in [3.63, 3.8) is 0 Å². The van der Waals surface area contributed by atoms with E-state index in [1.54, 1.807) is 12.3 Å². The number of nitrogens with zero attached hydrogens (tertiary/aromatic N) is 2. The van der Waals surface area contributed by atoms with Gasteiger partial charge in [0, 0.05) is 19.0 Å². The Morgan fingerprint density at radius 1 is 0.623 bits per heavy atom. The molecule has 334 valence electrons. The van der Waals surface area contributed by atoms with Crippen LogP contribution in [-0.4, -0.2) is 34.1 Å². The predicted octanol–water partition coefficient (Wildman–Crippen LogP) is 13.8. The number of unbranched alkanes of at least 4 members (excludes halogenated alkanes) is 6. The van der Waals surface area contributed by atoms with Gasteiger partial charge in [-0.05, 0) is 122 Å². The minimum atomic E-state index is -0.484. The van der Waals surface area contributed by atoms with Crippen molar-refractivity contribution >= 4 is 17.7 Å². The number of carbonyl (C=O) groups excluding carboxylic acids is 2. The minimum Gasteiger partial charge on any atom is -0.463 e. The van der Waals surface area contributed by atoms with Gasteiger partial charge in [0.15, 0.2) is 0 Å². The lowest BCUT2D eigenvalue weighted by Crippen LogP contribution is -2.29. The van der Waals surface area contributed by atoms with Crippen LogP contribution in [-0.2, 0) is 19.1 Å². The fourth-order valence-corrected chi connectivity index (χ4v) is 6.35. The van der Waals surface area contributed by atoms with Crippen molar-refractivity contribution in [3.05, 3.63) is 144 Å². The molecule has 2 atom stereocenters. The first-order valence-electron chi connectivity index (χ1n) is 23.2. The molecule has 0 bridgehead atoms. The maximum Gasteiger partial charge on any atom is 0.351 e. The van der Waals surface area contributed by atoms with E-state index in [9.17, 15) is 14.4 Å². The number of amides is 1. The van der Waals surface area contributed by atoms with E-state index in [4.69, 9.17) is 9.47 Å². The second-order valence-corrected chi connectivity index (χ2v) is 15.1. The number of rotatable bonds is 34. The van der Waals surface area contributed by atoms with Gasteiger partial charge in [-0.1, -0.05) is 148 Å².